The molecular weight excluding hydrogens is 434 g/mol. The highest BCUT2D eigenvalue weighted by atomic mass is 127. The number of ether oxygens (including phenoxy) is 1. The van der Waals surface area contributed by atoms with E-state index in [1.54, 1.807) is 19.1 Å². The van der Waals surface area contributed by atoms with Crippen molar-refractivity contribution in [1.82, 2.24) is 4.98 Å². The molecule has 124 valence electrons. The number of aromatic nitrogens is 1. The maximum atomic E-state index is 14.1. The Kier molecular flexibility index (Phi) is 4.53. The Hall–Kier alpha value is -2.03. The van der Waals surface area contributed by atoms with Gasteiger partial charge in [-0.05, 0) is 35.6 Å². The van der Waals surface area contributed by atoms with Gasteiger partial charge in [0.25, 0.3) is 0 Å². The second-order valence-electron chi connectivity index (χ2n) is 5.01. The fourth-order valence-corrected chi connectivity index (χ4v) is 3.31. The van der Waals surface area contributed by atoms with E-state index < -0.39 is 23.4 Å². The summed E-state index contributed by atoms with van der Waals surface area (Å²) in [5.74, 6) is -3.84. The van der Waals surface area contributed by atoms with Crippen LogP contribution in [0.25, 0.3) is 22.0 Å². The van der Waals surface area contributed by atoms with Crippen LogP contribution in [-0.2, 0) is 4.74 Å². The first-order chi connectivity index (χ1) is 11.4. The Bertz CT molecular complexity index is 953. The third-order valence-electron chi connectivity index (χ3n) is 3.53. The number of carbonyl (C=O) groups is 1. The van der Waals surface area contributed by atoms with Crippen molar-refractivity contribution in [3.05, 3.63) is 57.0 Å². The van der Waals surface area contributed by atoms with Gasteiger partial charge in [0.2, 0.25) is 0 Å². The van der Waals surface area contributed by atoms with Gasteiger partial charge < -0.3 is 9.72 Å². The Morgan fingerprint density at radius 3 is 2.67 bits per heavy atom. The summed E-state index contributed by atoms with van der Waals surface area (Å²) >= 11 is 1.97. The standard InChI is InChI=1S/C17H11F3INO2/c1-2-24-17(23)16-14(21)10-5-3-4-9(15(10)22-16)11-6-8(18)7-12(19)13(11)20/h3-7,22H,2H2,1H3. The molecule has 3 rings (SSSR count). The van der Waals surface area contributed by atoms with E-state index in [-0.39, 0.29) is 23.4 Å². The SMILES string of the molecule is CCOC(=O)c1[nH]c2c(-c3cc(F)cc(F)c3F)cccc2c1I. The quantitative estimate of drug-likeness (QED) is 0.349. The second kappa shape index (κ2) is 6.46. The van der Waals surface area contributed by atoms with Gasteiger partial charge in [-0.15, -0.1) is 0 Å². The second-order valence-corrected chi connectivity index (χ2v) is 6.09. The lowest BCUT2D eigenvalue weighted by atomic mass is 10.0. The average molecular weight is 445 g/mol. The van der Waals surface area contributed by atoms with Crippen LogP contribution in [0.15, 0.2) is 30.3 Å². The molecule has 0 unspecified atom stereocenters. The van der Waals surface area contributed by atoms with Crippen molar-refractivity contribution in [2.45, 2.75) is 6.92 Å². The lowest BCUT2D eigenvalue weighted by Crippen LogP contribution is -2.06. The fraction of sp³-hybridized carbons (Fsp3) is 0.118. The van der Waals surface area contributed by atoms with Crippen LogP contribution in [0.2, 0.25) is 0 Å². The van der Waals surface area contributed by atoms with Crippen molar-refractivity contribution >= 4 is 39.5 Å². The molecule has 3 aromatic rings. The number of fused-ring (bicyclic) bond motifs is 1. The van der Waals surface area contributed by atoms with Crippen LogP contribution in [-0.4, -0.2) is 17.6 Å². The summed E-state index contributed by atoms with van der Waals surface area (Å²) in [5, 5.41) is 0.639. The third-order valence-corrected chi connectivity index (χ3v) is 4.65. The molecule has 0 spiro atoms. The third kappa shape index (κ3) is 2.77. The molecule has 7 heteroatoms. The Morgan fingerprint density at radius 1 is 1.21 bits per heavy atom. The van der Waals surface area contributed by atoms with Crippen LogP contribution >= 0.6 is 22.6 Å². The number of hydrogen-bond donors (Lipinski definition) is 1. The molecule has 1 aromatic heterocycles. The molecule has 0 bridgehead atoms. The molecule has 0 aliphatic rings. The number of rotatable bonds is 3. The molecule has 1 heterocycles. The molecule has 2 aromatic carbocycles. The molecule has 0 aliphatic carbocycles. The summed E-state index contributed by atoms with van der Waals surface area (Å²) in [6.45, 7) is 1.89. The topological polar surface area (TPSA) is 42.1 Å². The number of H-pyrrole nitrogens is 1. The number of para-hydroxylation sites is 1. The van der Waals surface area contributed by atoms with Crippen molar-refractivity contribution in [3.8, 4) is 11.1 Å². The number of nitrogens with one attached hydrogen (secondary N) is 1. The van der Waals surface area contributed by atoms with Gasteiger partial charge in [0, 0.05) is 22.6 Å². The van der Waals surface area contributed by atoms with Crippen molar-refractivity contribution in [3.63, 3.8) is 0 Å². The first-order valence-corrected chi connectivity index (χ1v) is 8.14. The Labute approximate surface area is 149 Å². The molecule has 0 aliphatic heterocycles. The number of hydrogen-bond acceptors (Lipinski definition) is 2. The summed E-state index contributed by atoms with van der Waals surface area (Å²) in [5.41, 5.74) is 0.675. The van der Waals surface area contributed by atoms with E-state index in [2.05, 4.69) is 4.98 Å². The van der Waals surface area contributed by atoms with Crippen molar-refractivity contribution in [2.75, 3.05) is 6.61 Å². The number of carbonyl (C=O) groups excluding carboxylic acids is 1. The molecular formula is C17H11F3INO2. The summed E-state index contributed by atoms with van der Waals surface area (Å²) in [7, 11) is 0. The summed E-state index contributed by atoms with van der Waals surface area (Å²) in [6.07, 6.45) is 0. The fourth-order valence-electron chi connectivity index (χ4n) is 2.50. The molecule has 0 radical (unpaired) electrons. The molecule has 0 amide bonds. The van der Waals surface area contributed by atoms with Crippen LogP contribution in [0, 0.1) is 21.0 Å². The Morgan fingerprint density at radius 2 is 1.96 bits per heavy atom. The first kappa shape index (κ1) is 16.8. The zero-order valence-corrected chi connectivity index (χ0v) is 14.6. The van der Waals surface area contributed by atoms with Gasteiger partial charge in [-0.1, -0.05) is 18.2 Å². The normalized spacial score (nSPS) is 11.0. The van der Waals surface area contributed by atoms with Gasteiger partial charge in [0.15, 0.2) is 11.6 Å². The monoisotopic (exact) mass is 445 g/mol. The Balaban J connectivity index is 2.28. The lowest BCUT2D eigenvalue weighted by Gasteiger charge is -2.06. The van der Waals surface area contributed by atoms with E-state index in [1.807, 2.05) is 22.6 Å². The number of halogens is 4. The highest BCUT2D eigenvalue weighted by molar-refractivity contribution is 14.1. The minimum absolute atomic E-state index is 0.209. The smallest absolute Gasteiger partial charge is 0.355 e. The van der Waals surface area contributed by atoms with E-state index >= 15 is 0 Å². The zero-order chi connectivity index (χ0) is 17.4. The largest absolute Gasteiger partial charge is 0.461 e. The van der Waals surface area contributed by atoms with E-state index in [0.717, 1.165) is 6.07 Å². The maximum absolute atomic E-state index is 14.1. The maximum Gasteiger partial charge on any atom is 0.355 e. The van der Waals surface area contributed by atoms with Crippen molar-refractivity contribution in [2.24, 2.45) is 0 Å². The number of benzene rings is 2. The van der Waals surface area contributed by atoms with E-state index in [9.17, 15) is 18.0 Å². The number of aromatic amines is 1. The van der Waals surface area contributed by atoms with E-state index in [0.29, 0.717) is 20.5 Å². The van der Waals surface area contributed by atoms with Crippen LogP contribution in [0.3, 0.4) is 0 Å². The highest BCUT2D eigenvalue weighted by Crippen LogP contribution is 2.34. The summed E-state index contributed by atoms with van der Waals surface area (Å²) < 4.78 is 46.8. The van der Waals surface area contributed by atoms with Gasteiger partial charge in [-0.2, -0.15) is 0 Å². The van der Waals surface area contributed by atoms with Crippen LogP contribution < -0.4 is 0 Å². The summed E-state index contributed by atoms with van der Waals surface area (Å²) in [4.78, 5) is 14.9. The van der Waals surface area contributed by atoms with Crippen LogP contribution in [0.4, 0.5) is 13.2 Å². The predicted molar refractivity (Wildman–Crippen MR) is 92.3 cm³/mol. The molecule has 24 heavy (non-hydrogen) atoms. The molecule has 0 saturated heterocycles. The van der Waals surface area contributed by atoms with Gasteiger partial charge in [-0.25, -0.2) is 18.0 Å². The molecule has 0 atom stereocenters. The highest BCUT2D eigenvalue weighted by Gasteiger charge is 2.21. The minimum Gasteiger partial charge on any atom is -0.461 e. The van der Waals surface area contributed by atoms with Crippen LogP contribution in [0.5, 0.6) is 0 Å². The lowest BCUT2D eigenvalue weighted by molar-refractivity contribution is 0.0519. The van der Waals surface area contributed by atoms with E-state index in [1.165, 1.54) is 6.07 Å². The van der Waals surface area contributed by atoms with Gasteiger partial charge >= 0.3 is 5.97 Å². The van der Waals surface area contributed by atoms with Gasteiger partial charge in [0.05, 0.1) is 15.7 Å². The number of esters is 1. The van der Waals surface area contributed by atoms with Crippen LogP contribution in [0.1, 0.15) is 17.4 Å². The average Bonchev–Trinajstić information content (AvgIpc) is 2.88. The molecule has 0 fully saturated rings. The van der Waals surface area contributed by atoms with Gasteiger partial charge in [0.1, 0.15) is 11.5 Å². The molecule has 0 saturated carbocycles. The summed E-state index contributed by atoms with van der Waals surface area (Å²) in [6, 6.07) is 6.30. The molecule has 3 nitrogen and oxygen atoms in total. The predicted octanol–water partition coefficient (Wildman–Crippen LogP) is 5.03. The first-order valence-electron chi connectivity index (χ1n) is 7.06. The van der Waals surface area contributed by atoms with Crippen molar-refractivity contribution < 1.29 is 22.7 Å². The zero-order valence-electron chi connectivity index (χ0n) is 12.4. The van der Waals surface area contributed by atoms with Gasteiger partial charge in [-0.3, -0.25) is 0 Å². The van der Waals surface area contributed by atoms with Crippen molar-refractivity contribution in [1.29, 1.82) is 0 Å². The van der Waals surface area contributed by atoms with E-state index in [4.69, 9.17) is 4.74 Å². The minimum atomic E-state index is -1.27. The molecule has 1 N–H and O–H groups in total.